The largest absolute Gasteiger partial charge is 0.493 e. The topological polar surface area (TPSA) is 240 Å². The summed E-state index contributed by atoms with van der Waals surface area (Å²) in [5, 5.41) is 8.93. The van der Waals surface area contributed by atoms with E-state index in [0.29, 0.717) is 106 Å². The van der Waals surface area contributed by atoms with Crippen LogP contribution in [0.5, 0.6) is 63.2 Å². The summed E-state index contributed by atoms with van der Waals surface area (Å²) < 4.78 is 60.8. The molecule has 20 nitrogen and oxygen atoms in total. The minimum atomic E-state index is -0.332. The van der Waals surface area contributed by atoms with E-state index in [1.54, 1.807) is 82.2 Å². The molecule has 0 heterocycles. The van der Waals surface area contributed by atoms with Gasteiger partial charge in [0.15, 0.2) is 51.4 Å². The predicted molar refractivity (Wildman–Crippen MR) is 333 cm³/mol. The minimum Gasteiger partial charge on any atom is -0.493 e. The molecule has 0 bridgehead atoms. The molecule has 462 valence electrons. The molecule has 9 rings (SSSR count). The lowest BCUT2D eigenvalue weighted by Gasteiger charge is -2.19. The molecule has 0 saturated heterocycles. The van der Waals surface area contributed by atoms with E-state index in [2.05, 4.69) is 16.0 Å². The lowest BCUT2D eigenvalue weighted by molar-refractivity contribution is -0.120. The molecule has 3 amide bonds. The van der Waals surface area contributed by atoms with Gasteiger partial charge in [0, 0.05) is 37.5 Å². The van der Waals surface area contributed by atoms with Crippen molar-refractivity contribution in [2.75, 3.05) is 84.5 Å². The molecule has 3 aliphatic carbocycles. The first kappa shape index (κ1) is 65.4. The average molecular weight is 1210 g/mol. The van der Waals surface area contributed by atoms with Gasteiger partial charge >= 0.3 is 0 Å². The quantitative estimate of drug-likeness (QED) is 0.0811. The highest BCUT2D eigenvalue weighted by Gasteiger charge is 2.33. The maximum atomic E-state index is 12.7. The highest BCUT2D eigenvalue weighted by Crippen LogP contribution is 2.53. The van der Waals surface area contributed by atoms with Crippen LogP contribution in [0.15, 0.2) is 92.1 Å². The molecule has 3 atom stereocenters. The van der Waals surface area contributed by atoms with E-state index in [4.69, 9.17) is 52.1 Å². The number of benzene rings is 3. The van der Waals surface area contributed by atoms with E-state index in [-0.39, 0.29) is 63.6 Å². The molecular formula is C66H75N3O17S. The normalized spacial score (nSPS) is 14.8. The van der Waals surface area contributed by atoms with E-state index in [0.717, 1.165) is 55.6 Å². The first-order valence-corrected chi connectivity index (χ1v) is 29.0. The molecule has 0 radical (unpaired) electrons. The van der Waals surface area contributed by atoms with Crippen LogP contribution in [-0.4, -0.2) is 102 Å². The number of rotatable bonds is 15. The van der Waals surface area contributed by atoms with E-state index in [1.807, 2.05) is 48.7 Å². The van der Waals surface area contributed by atoms with Crippen LogP contribution in [0.3, 0.4) is 0 Å². The second kappa shape index (κ2) is 29.3. The predicted octanol–water partition coefficient (Wildman–Crippen LogP) is 9.33. The summed E-state index contributed by atoms with van der Waals surface area (Å²) in [5.74, 6) is 4.70. The van der Waals surface area contributed by atoms with Crippen molar-refractivity contribution in [2.45, 2.75) is 82.3 Å². The van der Waals surface area contributed by atoms with Gasteiger partial charge in [0.1, 0.15) is 0 Å². The first-order valence-electron chi connectivity index (χ1n) is 27.8. The molecule has 6 aromatic carbocycles. The lowest BCUT2D eigenvalue weighted by atomic mass is 9.95. The van der Waals surface area contributed by atoms with Crippen LogP contribution in [0.25, 0.3) is 33.4 Å². The fourth-order valence-corrected chi connectivity index (χ4v) is 12.1. The second-order valence-electron chi connectivity index (χ2n) is 20.3. The third-order valence-electron chi connectivity index (χ3n) is 15.3. The Kier molecular flexibility index (Phi) is 22.1. The van der Waals surface area contributed by atoms with E-state index >= 15 is 0 Å². The number of hydrogen-bond acceptors (Lipinski definition) is 18. The summed E-state index contributed by atoms with van der Waals surface area (Å²) >= 11 is 1.40. The zero-order valence-corrected chi connectivity index (χ0v) is 52.6. The van der Waals surface area contributed by atoms with Crippen molar-refractivity contribution in [1.82, 2.24) is 16.0 Å². The third-order valence-corrected chi connectivity index (χ3v) is 16.1. The third kappa shape index (κ3) is 13.8. The van der Waals surface area contributed by atoms with Crippen LogP contribution in [0, 0.1) is 0 Å². The number of thioether (sulfide) groups is 1. The fourth-order valence-electron chi connectivity index (χ4n) is 11.6. The summed E-state index contributed by atoms with van der Waals surface area (Å²) in [6.07, 6.45) is 5.74. The second-order valence-corrected chi connectivity index (χ2v) is 21.1. The van der Waals surface area contributed by atoms with Gasteiger partial charge in [-0.3, -0.25) is 28.8 Å². The van der Waals surface area contributed by atoms with Crippen LogP contribution in [0.2, 0.25) is 0 Å². The average Bonchev–Trinajstić information content (AvgIpc) is 1.88. The Morgan fingerprint density at radius 2 is 0.644 bits per heavy atom. The van der Waals surface area contributed by atoms with Crippen molar-refractivity contribution >= 4 is 29.5 Å². The molecule has 0 unspecified atom stereocenters. The summed E-state index contributed by atoms with van der Waals surface area (Å²) in [6, 6.07) is 20.2. The van der Waals surface area contributed by atoms with Gasteiger partial charge in [0.2, 0.25) is 45.8 Å². The number of methoxy groups -OCH3 is 11. The van der Waals surface area contributed by atoms with Crippen molar-refractivity contribution in [2.24, 2.45) is 0 Å². The van der Waals surface area contributed by atoms with E-state index in [9.17, 15) is 28.8 Å². The van der Waals surface area contributed by atoms with Gasteiger partial charge in [-0.1, -0.05) is 18.2 Å². The molecule has 3 aliphatic rings. The number of nitrogens with one attached hydrogen (secondary N) is 3. The highest BCUT2D eigenvalue weighted by atomic mass is 32.2. The van der Waals surface area contributed by atoms with Crippen LogP contribution in [0.4, 0.5) is 0 Å². The van der Waals surface area contributed by atoms with E-state index < -0.39 is 0 Å². The maximum Gasteiger partial charge on any atom is 0.220 e. The Balaban J connectivity index is 0.000000186. The summed E-state index contributed by atoms with van der Waals surface area (Å²) in [6.45, 7) is 4.41. The SMILES string of the molecule is COc1cc2c(c(OC)c1OC)-c1ccc(OC)c(=O)cc1[C@@H](NC(C)=O)CC2.COc1cc2c(c(OC)c1OC)-c1ccc(OC)c(=O)cc1[C@@H](NC(C)=O)CC2.COc1cc2c(c(OC)c1OC)-c1ccc(SC)c(=O)cc1[C@@H](NC(C)=O)CC2. The lowest BCUT2D eigenvalue weighted by Crippen LogP contribution is -2.26. The number of aryl methyl sites for hydroxylation is 3. The van der Waals surface area contributed by atoms with Crippen molar-refractivity contribution in [3.05, 3.63) is 137 Å². The Morgan fingerprint density at radius 3 is 0.897 bits per heavy atom. The van der Waals surface area contributed by atoms with Crippen LogP contribution >= 0.6 is 11.8 Å². The Labute approximate surface area is 510 Å². The molecule has 87 heavy (non-hydrogen) atoms. The number of amides is 3. The number of fused-ring (bicyclic) bond motifs is 9. The standard InChI is InChI=1S/2C22H25NO6.C22H25NO5S/c2*1-12(24)23-16-8-6-13-10-19(27-3)21(28-4)22(29-5)20(13)14-7-9-18(26-2)17(25)11-15(14)16;1-12(24)23-16-8-6-13-10-18(26-2)21(27-3)22(28-4)20(13)14-7-9-19(29-5)17(25)11-15(14)16/h3*7,9-11,16H,6,8H2,1-5H3,(H,23,24)/t3*16-/m000/s1. The molecule has 21 heteroatoms. The molecule has 0 spiro atoms. The van der Waals surface area contributed by atoms with Crippen LogP contribution < -0.4 is 84.3 Å². The zero-order valence-electron chi connectivity index (χ0n) is 51.8. The molecule has 0 aliphatic heterocycles. The number of carbonyl (C=O) groups is 3. The van der Waals surface area contributed by atoms with Crippen LogP contribution in [0.1, 0.15) is 91.5 Å². The molecular weight excluding hydrogens is 1140 g/mol. The van der Waals surface area contributed by atoms with Gasteiger partial charge in [-0.25, -0.2) is 0 Å². The van der Waals surface area contributed by atoms with Gasteiger partial charge < -0.3 is 68.1 Å². The van der Waals surface area contributed by atoms with Gasteiger partial charge in [-0.2, -0.15) is 0 Å². The smallest absolute Gasteiger partial charge is 0.220 e. The van der Waals surface area contributed by atoms with Crippen molar-refractivity contribution in [3.8, 4) is 96.6 Å². The Morgan fingerprint density at radius 1 is 0.368 bits per heavy atom. The summed E-state index contributed by atoms with van der Waals surface area (Å²) in [7, 11) is 17.0. The van der Waals surface area contributed by atoms with Crippen molar-refractivity contribution < 1.29 is 66.5 Å². The Hall–Kier alpha value is -9.11. The fraction of sp³-hybridized carbons (Fsp3) is 0.364. The van der Waals surface area contributed by atoms with Gasteiger partial charge in [0.05, 0.1) is 101 Å². The maximum absolute atomic E-state index is 12.7. The molecule has 0 aromatic heterocycles. The summed E-state index contributed by atoms with van der Waals surface area (Å²) in [4.78, 5) is 74.2. The monoisotopic (exact) mass is 1210 g/mol. The van der Waals surface area contributed by atoms with Crippen molar-refractivity contribution in [3.63, 3.8) is 0 Å². The van der Waals surface area contributed by atoms with Gasteiger partial charge in [-0.05, 0) is 149 Å². The molecule has 6 aromatic rings. The number of ether oxygens (including phenoxy) is 11. The van der Waals surface area contributed by atoms with Crippen LogP contribution in [-0.2, 0) is 33.6 Å². The zero-order chi connectivity index (χ0) is 63.4. The Bertz CT molecular complexity index is 3400. The van der Waals surface area contributed by atoms with Gasteiger partial charge in [-0.15, -0.1) is 11.8 Å². The number of hydrogen-bond donors (Lipinski definition) is 3. The van der Waals surface area contributed by atoms with E-state index in [1.165, 1.54) is 58.9 Å². The minimum absolute atomic E-state index is 0.0722. The number of carbonyl (C=O) groups excluding carboxylic acids is 3. The molecule has 0 fully saturated rings. The molecule has 3 N–H and O–H groups in total. The first-order chi connectivity index (χ1) is 41.8. The highest BCUT2D eigenvalue weighted by molar-refractivity contribution is 7.98. The summed E-state index contributed by atoms with van der Waals surface area (Å²) in [5.41, 5.74) is 9.43. The van der Waals surface area contributed by atoms with Crippen molar-refractivity contribution in [1.29, 1.82) is 0 Å². The molecule has 0 saturated carbocycles. The van der Waals surface area contributed by atoms with Gasteiger partial charge in [0.25, 0.3) is 0 Å².